The fourth-order valence-corrected chi connectivity index (χ4v) is 5.67. The van der Waals surface area contributed by atoms with E-state index < -0.39 is 0 Å². The number of hydrogen-bond donors (Lipinski definition) is 0. The molecule has 29 heavy (non-hydrogen) atoms. The van der Waals surface area contributed by atoms with Crippen LogP contribution in [0.1, 0.15) is 36.1 Å². The molecule has 0 radical (unpaired) electrons. The highest BCUT2D eigenvalue weighted by Gasteiger charge is 2.39. The third-order valence-electron chi connectivity index (χ3n) is 7.09. The van der Waals surface area contributed by atoms with E-state index >= 15 is 0 Å². The molecule has 0 atom stereocenters. The molecule has 0 saturated carbocycles. The van der Waals surface area contributed by atoms with Crippen LogP contribution in [0.2, 0.25) is 0 Å². The first-order valence-corrected chi connectivity index (χ1v) is 10.3. The van der Waals surface area contributed by atoms with Crippen molar-refractivity contribution in [2.45, 2.75) is 25.7 Å². The smallest absolute Gasteiger partial charge is 0.135 e. The number of hydrogen-bond acceptors (Lipinski definition) is 1. The third kappa shape index (κ3) is 1.81. The molecule has 1 aromatic heterocycles. The van der Waals surface area contributed by atoms with E-state index in [0.717, 1.165) is 17.6 Å². The Balaban J connectivity index is 1.64. The first kappa shape index (κ1) is 15.6. The Morgan fingerprint density at radius 1 is 0.655 bits per heavy atom. The fourth-order valence-electron chi connectivity index (χ4n) is 5.67. The number of fused-ring (bicyclic) bond motifs is 10. The van der Waals surface area contributed by atoms with Gasteiger partial charge in [0.15, 0.2) is 0 Å². The Kier molecular flexibility index (Phi) is 2.68. The van der Waals surface area contributed by atoms with E-state index in [4.69, 9.17) is 4.42 Å². The van der Waals surface area contributed by atoms with E-state index in [1.807, 2.05) is 6.07 Å². The van der Waals surface area contributed by atoms with Crippen molar-refractivity contribution in [1.82, 2.24) is 0 Å². The van der Waals surface area contributed by atoms with Gasteiger partial charge in [0.05, 0.1) is 0 Å². The first-order valence-electron chi connectivity index (χ1n) is 10.3. The summed E-state index contributed by atoms with van der Waals surface area (Å²) in [6, 6.07) is 26.6. The van der Waals surface area contributed by atoms with E-state index in [9.17, 15) is 0 Å². The van der Waals surface area contributed by atoms with Gasteiger partial charge in [0, 0.05) is 16.2 Å². The van der Waals surface area contributed by atoms with Crippen molar-refractivity contribution in [3.8, 4) is 22.3 Å². The highest BCUT2D eigenvalue weighted by atomic mass is 16.3. The lowest BCUT2D eigenvalue weighted by Crippen LogP contribution is -2.14. The number of furan rings is 1. The van der Waals surface area contributed by atoms with Crippen LogP contribution in [-0.4, -0.2) is 0 Å². The predicted octanol–water partition coefficient (Wildman–Crippen LogP) is 7.46. The van der Waals surface area contributed by atoms with Crippen molar-refractivity contribution in [3.63, 3.8) is 0 Å². The summed E-state index contributed by atoms with van der Waals surface area (Å²) >= 11 is 0. The van der Waals surface area contributed by atoms with Crippen molar-refractivity contribution in [2.75, 3.05) is 0 Å². The lowest BCUT2D eigenvalue weighted by Gasteiger charge is -2.21. The zero-order valence-corrected chi connectivity index (χ0v) is 16.5. The molecule has 1 nitrogen and oxygen atoms in total. The Morgan fingerprint density at radius 3 is 2.41 bits per heavy atom. The van der Waals surface area contributed by atoms with E-state index in [-0.39, 0.29) is 5.41 Å². The van der Waals surface area contributed by atoms with Gasteiger partial charge in [-0.1, -0.05) is 68.4 Å². The lowest BCUT2D eigenvalue weighted by molar-refractivity contribution is 0.647. The molecule has 0 aliphatic heterocycles. The van der Waals surface area contributed by atoms with Gasteiger partial charge >= 0.3 is 0 Å². The van der Waals surface area contributed by atoms with E-state index in [1.54, 1.807) is 0 Å². The summed E-state index contributed by atoms with van der Waals surface area (Å²) in [6.45, 7) is 4.69. The van der Waals surface area contributed by atoms with Crippen molar-refractivity contribution in [1.29, 1.82) is 0 Å². The summed E-state index contributed by atoms with van der Waals surface area (Å²) in [6.07, 6.45) is 1.03. The van der Waals surface area contributed by atoms with Gasteiger partial charge in [-0.15, -0.1) is 0 Å². The number of rotatable bonds is 0. The average Bonchev–Trinajstić information content (AvgIpc) is 3.35. The summed E-state index contributed by atoms with van der Waals surface area (Å²) < 4.78 is 6.22. The maximum Gasteiger partial charge on any atom is 0.135 e. The zero-order chi connectivity index (χ0) is 19.3. The fraction of sp³-hybridized carbons (Fsp3) is 0.143. The van der Waals surface area contributed by atoms with Crippen LogP contribution in [0.25, 0.3) is 44.2 Å². The molecule has 138 valence electrons. The monoisotopic (exact) mass is 372 g/mol. The van der Waals surface area contributed by atoms with Gasteiger partial charge in [0.25, 0.3) is 0 Å². The highest BCUT2D eigenvalue weighted by Crippen LogP contribution is 2.56. The highest BCUT2D eigenvalue weighted by molar-refractivity contribution is 6.09. The maximum absolute atomic E-state index is 6.22. The van der Waals surface area contributed by atoms with Crippen LogP contribution in [0, 0.1) is 0 Å². The normalized spacial score (nSPS) is 15.4. The largest absolute Gasteiger partial charge is 0.456 e. The summed E-state index contributed by atoms with van der Waals surface area (Å²) in [5.41, 5.74) is 13.3. The van der Waals surface area contributed by atoms with Gasteiger partial charge in [-0.2, -0.15) is 0 Å². The Labute approximate surface area is 169 Å². The summed E-state index contributed by atoms with van der Waals surface area (Å²) in [5, 5.41) is 2.41. The van der Waals surface area contributed by atoms with Gasteiger partial charge in [-0.25, -0.2) is 0 Å². The summed E-state index contributed by atoms with van der Waals surface area (Å²) in [4.78, 5) is 0. The second-order valence-electron chi connectivity index (χ2n) is 8.97. The van der Waals surface area contributed by atoms with Crippen molar-refractivity contribution < 1.29 is 4.42 Å². The van der Waals surface area contributed by atoms with E-state index in [1.165, 1.54) is 55.3 Å². The van der Waals surface area contributed by atoms with Crippen molar-refractivity contribution >= 4 is 21.9 Å². The number of benzene rings is 4. The Bertz CT molecular complexity index is 1500. The number of para-hydroxylation sites is 1. The van der Waals surface area contributed by atoms with Crippen LogP contribution in [0.3, 0.4) is 0 Å². The van der Waals surface area contributed by atoms with Gasteiger partial charge in [0.2, 0.25) is 0 Å². The minimum Gasteiger partial charge on any atom is -0.456 e. The van der Waals surface area contributed by atoms with Gasteiger partial charge in [-0.3, -0.25) is 0 Å². The quantitative estimate of drug-likeness (QED) is 0.270. The molecule has 0 amide bonds. The topological polar surface area (TPSA) is 13.1 Å². The van der Waals surface area contributed by atoms with E-state index in [2.05, 4.69) is 80.6 Å². The molecule has 0 saturated heterocycles. The Hall–Kier alpha value is -3.32. The van der Waals surface area contributed by atoms with Crippen molar-refractivity contribution in [2.24, 2.45) is 0 Å². The van der Waals surface area contributed by atoms with Gasteiger partial charge in [0.1, 0.15) is 11.2 Å². The molecule has 4 aromatic carbocycles. The van der Waals surface area contributed by atoms with Crippen LogP contribution in [0.15, 0.2) is 77.2 Å². The second-order valence-corrected chi connectivity index (χ2v) is 8.97. The van der Waals surface area contributed by atoms with Gasteiger partial charge in [-0.05, 0) is 69.1 Å². The Morgan fingerprint density at radius 2 is 1.48 bits per heavy atom. The minimum absolute atomic E-state index is 0.0373. The van der Waals surface area contributed by atoms with Crippen molar-refractivity contribution in [3.05, 3.63) is 95.1 Å². The zero-order valence-electron chi connectivity index (χ0n) is 16.5. The minimum atomic E-state index is -0.0373. The second kappa shape index (κ2) is 4.99. The van der Waals surface area contributed by atoms with Crippen LogP contribution >= 0.6 is 0 Å². The summed E-state index contributed by atoms with van der Waals surface area (Å²) in [7, 11) is 0. The standard InChI is InChI=1S/C28H20O/c1-28(2)22-12-11-17-13-16-7-3-4-8-18(16)26(17)27(22)21-14-20-19-9-5-6-10-24(19)29-25(20)15-23(21)28/h3-12,14-15H,13H2,1-2H3. The molecule has 0 bridgehead atoms. The molecular formula is C28H20O. The van der Waals surface area contributed by atoms with E-state index in [0.29, 0.717) is 0 Å². The SMILES string of the molecule is CC1(C)c2cc3oc4ccccc4c3cc2-c2c1ccc1c2-c2ccccc2C1. The van der Waals surface area contributed by atoms with Crippen LogP contribution in [0.5, 0.6) is 0 Å². The summed E-state index contributed by atoms with van der Waals surface area (Å²) in [5.74, 6) is 0. The molecule has 0 fully saturated rings. The first-order chi connectivity index (χ1) is 14.1. The molecule has 0 spiro atoms. The molecule has 1 heteroatoms. The molecule has 2 aliphatic carbocycles. The molecule has 7 rings (SSSR count). The van der Waals surface area contributed by atoms with Gasteiger partial charge < -0.3 is 4.42 Å². The van der Waals surface area contributed by atoms with Crippen LogP contribution in [-0.2, 0) is 11.8 Å². The molecule has 0 unspecified atom stereocenters. The maximum atomic E-state index is 6.22. The lowest BCUT2D eigenvalue weighted by atomic mass is 9.81. The predicted molar refractivity (Wildman–Crippen MR) is 120 cm³/mol. The molecule has 5 aromatic rings. The molecular weight excluding hydrogens is 352 g/mol. The van der Waals surface area contributed by atoms with Crippen LogP contribution < -0.4 is 0 Å². The third-order valence-corrected chi connectivity index (χ3v) is 7.09. The van der Waals surface area contributed by atoms with Crippen LogP contribution in [0.4, 0.5) is 0 Å². The molecule has 0 N–H and O–H groups in total. The molecule has 1 heterocycles. The average molecular weight is 372 g/mol. The molecule has 2 aliphatic rings.